The van der Waals surface area contributed by atoms with Crippen LogP contribution in [-0.2, 0) is 16.0 Å². The van der Waals surface area contributed by atoms with E-state index in [2.05, 4.69) is 46.5 Å². The molecule has 28 heavy (non-hydrogen) atoms. The maximum absolute atomic E-state index is 13.2. The van der Waals surface area contributed by atoms with Gasteiger partial charge in [0, 0.05) is 31.3 Å². The highest BCUT2D eigenvalue weighted by atomic mass is 32.1. The number of nitrogens with one attached hydrogen (secondary N) is 1. The number of nitrogens with zero attached hydrogens (tertiary/aromatic N) is 2. The van der Waals surface area contributed by atoms with Gasteiger partial charge < -0.3 is 15.0 Å². The van der Waals surface area contributed by atoms with Crippen molar-refractivity contribution in [2.24, 2.45) is 5.41 Å². The molecule has 2 aliphatic rings. The van der Waals surface area contributed by atoms with Crippen LogP contribution in [-0.4, -0.2) is 49.1 Å². The SMILES string of the molecule is CN1CCC[C@@H](c2cccc(CC3(C(=O)Nc4nccs4)CCOCC3)c2)C1. The van der Waals surface area contributed by atoms with Gasteiger partial charge >= 0.3 is 0 Å². The molecule has 3 heterocycles. The zero-order valence-electron chi connectivity index (χ0n) is 16.5. The number of rotatable bonds is 5. The number of aromatic nitrogens is 1. The third-order valence-electron chi connectivity index (χ3n) is 6.17. The molecule has 4 rings (SSSR count). The normalized spacial score (nSPS) is 22.7. The Morgan fingerprint density at radius 2 is 2.25 bits per heavy atom. The number of hydrogen-bond donors (Lipinski definition) is 1. The number of likely N-dealkylation sites (tertiary alicyclic amines) is 1. The van der Waals surface area contributed by atoms with E-state index in [4.69, 9.17) is 4.74 Å². The molecule has 2 fully saturated rings. The molecule has 0 saturated carbocycles. The van der Waals surface area contributed by atoms with E-state index in [1.54, 1.807) is 6.20 Å². The fourth-order valence-corrected chi connectivity index (χ4v) is 5.07. The molecule has 1 atom stereocenters. The van der Waals surface area contributed by atoms with Crippen LogP contribution in [0.5, 0.6) is 0 Å². The highest BCUT2D eigenvalue weighted by Gasteiger charge is 2.40. The molecule has 0 aliphatic carbocycles. The molecular weight excluding hydrogens is 370 g/mol. The molecular formula is C22H29N3O2S. The summed E-state index contributed by atoms with van der Waals surface area (Å²) in [4.78, 5) is 19.9. The molecule has 0 bridgehead atoms. The van der Waals surface area contributed by atoms with Crippen molar-refractivity contribution in [2.75, 3.05) is 38.7 Å². The van der Waals surface area contributed by atoms with E-state index in [0.717, 1.165) is 25.8 Å². The maximum atomic E-state index is 13.2. The molecule has 1 aromatic carbocycles. The largest absolute Gasteiger partial charge is 0.381 e. The van der Waals surface area contributed by atoms with Crippen molar-refractivity contribution in [1.29, 1.82) is 0 Å². The molecule has 150 valence electrons. The van der Waals surface area contributed by atoms with Crippen LogP contribution in [0.15, 0.2) is 35.8 Å². The predicted molar refractivity (Wildman–Crippen MR) is 113 cm³/mol. The molecule has 6 heteroatoms. The smallest absolute Gasteiger partial charge is 0.232 e. The molecule has 2 saturated heterocycles. The average Bonchev–Trinajstić information content (AvgIpc) is 3.22. The molecule has 1 amide bonds. The first-order valence-electron chi connectivity index (χ1n) is 10.2. The van der Waals surface area contributed by atoms with E-state index >= 15 is 0 Å². The van der Waals surface area contributed by atoms with Crippen LogP contribution < -0.4 is 5.32 Å². The first-order chi connectivity index (χ1) is 13.6. The Labute approximate surface area is 171 Å². The van der Waals surface area contributed by atoms with Crippen molar-refractivity contribution in [3.8, 4) is 0 Å². The van der Waals surface area contributed by atoms with Crippen molar-refractivity contribution < 1.29 is 9.53 Å². The minimum Gasteiger partial charge on any atom is -0.381 e. The van der Waals surface area contributed by atoms with Gasteiger partial charge in [0.15, 0.2) is 5.13 Å². The lowest BCUT2D eigenvalue weighted by Gasteiger charge is -2.36. The molecule has 1 aromatic heterocycles. The first kappa shape index (κ1) is 19.6. The number of carbonyl (C=O) groups excluding carboxylic acids is 1. The van der Waals surface area contributed by atoms with E-state index in [0.29, 0.717) is 24.3 Å². The highest BCUT2D eigenvalue weighted by molar-refractivity contribution is 7.13. The van der Waals surface area contributed by atoms with E-state index in [9.17, 15) is 4.79 Å². The van der Waals surface area contributed by atoms with Crippen LogP contribution >= 0.6 is 11.3 Å². The predicted octanol–water partition coefficient (Wildman–Crippen LogP) is 3.93. The lowest BCUT2D eigenvalue weighted by atomic mass is 9.74. The summed E-state index contributed by atoms with van der Waals surface area (Å²) in [7, 11) is 2.20. The molecule has 0 radical (unpaired) electrons. The number of ether oxygens (including phenoxy) is 1. The minimum atomic E-state index is -0.425. The Kier molecular flexibility index (Phi) is 6.09. The van der Waals surface area contributed by atoms with Gasteiger partial charge in [0.05, 0.1) is 5.41 Å². The number of likely N-dealkylation sites (N-methyl/N-ethyl adjacent to an activating group) is 1. The van der Waals surface area contributed by atoms with Crippen molar-refractivity contribution in [3.63, 3.8) is 0 Å². The number of amides is 1. The van der Waals surface area contributed by atoms with Crippen LogP contribution in [0.2, 0.25) is 0 Å². The van der Waals surface area contributed by atoms with E-state index < -0.39 is 5.41 Å². The summed E-state index contributed by atoms with van der Waals surface area (Å²) in [6.45, 7) is 3.58. The van der Waals surface area contributed by atoms with Gasteiger partial charge in [-0.15, -0.1) is 11.3 Å². The van der Waals surface area contributed by atoms with Crippen molar-refractivity contribution in [2.45, 2.75) is 38.0 Å². The summed E-state index contributed by atoms with van der Waals surface area (Å²) >= 11 is 1.46. The highest BCUT2D eigenvalue weighted by Crippen LogP contribution is 2.37. The lowest BCUT2D eigenvalue weighted by Crippen LogP contribution is -2.42. The van der Waals surface area contributed by atoms with Crippen molar-refractivity contribution in [1.82, 2.24) is 9.88 Å². The molecule has 0 spiro atoms. The van der Waals surface area contributed by atoms with Crippen LogP contribution in [0.4, 0.5) is 5.13 Å². The summed E-state index contributed by atoms with van der Waals surface area (Å²) in [6, 6.07) is 8.91. The maximum Gasteiger partial charge on any atom is 0.232 e. The quantitative estimate of drug-likeness (QED) is 0.828. The summed E-state index contributed by atoms with van der Waals surface area (Å²) in [5, 5.41) is 5.60. The van der Waals surface area contributed by atoms with Crippen molar-refractivity contribution in [3.05, 3.63) is 47.0 Å². The van der Waals surface area contributed by atoms with Crippen LogP contribution in [0.25, 0.3) is 0 Å². The summed E-state index contributed by atoms with van der Waals surface area (Å²) in [5.74, 6) is 0.669. The zero-order chi connectivity index (χ0) is 19.4. The summed E-state index contributed by atoms with van der Waals surface area (Å²) in [5.41, 5.74) is 2.24. The fourth-order valence-electron chi connectivity index (χ4n) is 4.55. The van der Waals surface area contributed by atoms with Gasteiger partial charge in [-0.05, 0) is 62.7 Å². The second kappa shape index (κ2) is 8.72. The minimum absolute atomic E-state index is 0.0774. The second-order valence-electron chi connectivity index (χ2n) is 8.21. The Bertz CT molecular complexity index is 787. The number of hydrogen-bond acceptors (Lipinski definition) is 5. The van der Waals surface area contributed by atoms with Crippen molar-refractivity contribution >= 4 is 22.4 Å². The van der Waals surface area contributed by atoms with Crippen LogP contribution in [0.3, 0.4) is 0 Å². The number of thiazole rings is 1. The van der Waals surface area contributed by atoms with Gasteiger partial charge in [0.1, 0.15) is 0 Å². The number of benzene rings is 1. The molecule has 2 aromatic rings. The van der Waals surface area contributed by atoms with Gasteiger partial charge in [-0.25, -0.2) is 4.98 Å². The van der Waals surface area contributed by atoms with Crippen LogP contribution in [0, 0.1) is 5.41 Å². The number of anilines is 1. The van der Waals surface area contributed by atoms with Gasteiger partial charge in [-0.1, -0.05) is 24.3 Å². The fraction of sp³-hybridized carbons (Fsp3) is 0.545. The third-order valence-corrected chi connectivity index (χ3v) is 6.86. The Hall–Kier alpha value is -1.76. The second-order valence-corrected chi connectivity index (χ2v) is 9.10. The molecule has 2 aliphatic heterocycles. The van der Waals surface area contributed by atoms with Gasteiger partial charge in [0.25, 0.3) is 0 Å². The van der Waals surface area contributed by atoms with Gasteiger partial charge in [-0.2, -0.15) is 0 Å². The zero-order valence-corrected chi connectivity index (χ0v) is 17.3. The summed E-state index contributed by atoms with van der Waals surface area (Å²) in [6.07, 6.45) is 6.48. The summed E-state index contributed by atoms with van der Waals surface area (Å²) < 4.78 is 5.58. The average molecular weight is 400 g/mol. The van der Waals surface area contributed by atoms with E-state index in [-0.39, 0.29) is 5.91 Å². The van der Waals surface area contributed by atoms with E-state index in [1.165, 1.54) is 41.9 Å². The monoisotopic (exact) mass is 399 g/mol. The number of carbonyl (C=O) groups is 1. The number of piperidine rings is 1. The third kappa shape index (κ3) is 4.45. The molecule has 5 nitrogen and oxygen atoms in total. The Morgan fingerprint density at radius 1 is 1.39 bits per heavy atom. The Balaban J connectivity index is 1.53. The standard InChI is InChI=1S/C22H29N3O2S/c1-25-10-3-6-19(16-25)18-5-2-4-17(14-18)15-22(7-11-27-12-8-22)20(26)24-21-23-9-13-28-21/h2,4-5,9,13-14,19H,3,6-8,10-12,15-16H2,1H3,(H,23,24,26)/t19-/m1/s1. The van der Waals surface area contributed by atoms with E-state index in [1.807, 2.05) is 5.38 Å². The molecule has 1 N–H and O–H groups in total. The Morgan fingerprint density at radius 3 is 3.00 bits per heavy atom. The molecule has 0 unspecified atom stereocenters. The topological polar surface area (TPSA) is 54.5 Å². The lowest BCUT2D eigenvalue weighted by molar-refractivity contribution is -0.131. The van der Waals surface area contributed by atoms with Crippen LogP contribution in [0.1, 0.15) is 42.7 Å². The first-order valence-corrected chi connectivity index (χ1v) is 11.1. The van der Waals surface area contributed by atoms with Gasteiger partial charge in [-0.3, -0.25) is 4.79 Å². The van der Waals surface area contributed by atoms with Gasteiger partial charge in [0.2, 0.25) is 5.91 Å².